The fraction of sp³-hybridized carbons (Fsp3) is 0.321. The van der Waals surface area contributed by atoms with Gasteiger partial charge in [0.05, 0.1) is 39.6 Å². The molecule has 0 unspecified atom stereocenters. The molecule has 37 heavy (non-hydrogen) atoms. The Kier molecular flexibility index (Phi) is 12.4. The molecule has 0 bridgehead atoms. The summed E-state index contributed by atoms with van der Waals surface area (Å²) in [5, 5.41) is 0. The average molecular weight is 637 g/mol. The zero-order chi connectivity index (χ0) is 26.5. The van der Waals surface area contributed by atoms with Gasteiger partial charge in [0.1, 0.15) is 17.9 Å². The molecule has 3 aromatic rings. The SMILES string of the molecule is CCOC(=O)c1cc(N(c2ccc(Br)cc2)c2ccc(Br)cc2)ccc1OCCOCCOCCOC. The van der Waals surface area contributed by atoms with Gasteiger partial charge in [0.15, 0.2) is 0 Å². The van der Waals surface area contributed by atoms with Crippen LogP contribution in [0.3, 0.4) is 0 Å². The molecule has 0 saturated heterocycles. The van der Waals surface area contributed by atoms with E-state index in [9.17, 15) is 4.79 Å². The predicted molar refractivity (Wildman–Crippen MR) is 151 cm³/mol. The summed E-state index contributed by atoms with van der Waals surface area (Å²) in [6.45, 7) is 4.70. The lowest BCUT2D eigenvalue weighted by Crippen LogP contribution is -2.15. The number of hydrogen-bond acceptors (Lipinski definition) is 7. The smallest absolute Gasteiger partial charge is 0.341 e. The van der Waals surface area contributed by atoms with Crippen molar-refractivity contribution >= 4 is 54.9 Å². The Hall–Kier alpha value is -2.43. The monoisotopic (exact) mass is 635 g/mol. The van der Waals surface area contributed by atoms with Gasteiger partial charge in [0.2, 0.25) is 0 Å². The molecule has 198 valence electrons. The normalized spacial score (nSPS) is 10.8. The van der Waals surface area contributed by atoms with Crippen LogP contribution < -0.4 is 9.64 Å². The van der Waals surface area contributed by atoms with Crippen LogP contribution in [0.25, 0.3) is 0 Å². The van der Waals surface area contributed by atoms with Gasteiger partial charge in [-0.3, -0.25) is 0 Å². The van der Waals surface area contributed by atoms with Crippen molar-refractivity contribution < 1.29 is 28.5 Å². The zero-order valence-corrected chi connectivity index (χ0v) is 24.1. The standard InChI is InChI=1S/C28H31Br2NO6/c1-3-36-28(32)26-20-25(12-13-27(26)37-19-18-35-17-16-34-15-14-33-2)31(23-8-4-21(29)5-9-23)24-10-6-22(30)7-11-24/h4-13,20H,3,14-19H2,1-2H3. The van der Waals surface area contributed by atoms with Crippen molar-refractivity contribution in [1.29, 1.82) is 0 Å². The first-order chi connectivity index (χ1) is 18.0. The zero-order valence-electron chi connectivity index (χ0n) is 21.0. The van der Waals surface area contributed by atoms with Gasteiger partial charge in [0, 0.05) is 33.1 Å². The highest BCUT2D eigenvalue weighted by atomic mass is 79.9. The maximum Gasteiger partial charge on any atom is 0.341 e. The number of halogens is 2. The van der Waals surface area contributed by atoms with E-state index in [2.05, 4.69) is 36.8 Å². The highest BCUT2D eigenvalue weighted by Crippen LogP contribution is 2.37. The van der Waals surface area contributed by atoms with Crippen LogP contribution in [0.5, 0.6) is 5.75 Å². The van der Waals surface area contributed by atoms with E-state index in [0.717, 1.165) is 26.0 Å². The average Bonchev–Trinajstić information content (AvgIpc) is 2.90. The van der Waals surface area contributed by atoms with Crippen LogP contribution in [0.4, 0.5) is 17.1 Å². The second kappa shape index (κ2) is 15.7. The molecular formula is C28H31Br2NO6. The van der Waals surface area contributed by atoms with Crippen molar-refractivity contribution in [3.05, 3.63) is 81.2 Å². The van der Waals surface area contributed by atoms with Gasteiger partial charge in [-0.2, -0.15) is 0 Å². The van der Waals surface area contributed by atoms with E-state index in [1.165, 1.54) is 0 Å². The van der Waals surface area contributed by atoms with Gasteiger partial charge in [-0.05, 0) is 73.7 Å². The molecule has 0 N–H and O–H groups in total. The number of hydrogen-bond donors (Lipinski definition) is 0. The molecule has 0 aliphatic carbocycles. The number of methoxy groups -OCH3 is 1. The van der Waals surface area contributed by atoms with Crippen LogP contribution in [0.2, 0.25) is 0 Å². The van der Waals surface area contributed by atoms with Gasteiger partial charge >= 0.3 is 5.97 Å². The van der Waals surface area contributed by atoms with Gasteiger partial charge in [0.25, 0.3) is 0 Å². The van der Waals surface area contributed by atoms with E-state index in [1.807, 2.05) is 54.6 Å². The summed E-state index contributed by atoms with van der Waals surface area (Å²) in [6.07, 6.45) is 0. The molecule has 9 heteroatoms. The summed E-state index contributed by atoms with van der Waals surface area (Å²) in [7, 11) is 1.63. The van der Waals surface area contributed by atoms with E-state index < -0.39 is 5.97 Å². The van der Waals surface area contributed by atoms with Crippen LogP contribution in [0.1, 0.15) is 17.3 Å². The van der Waals surface area contributed by atoms with Crippen molar-refractivity contribution in [3.63, 3.8) is 0 Å². The van der Waals surface area contributed by atoms with E-state index in [1.54, 1.807) is 26.2 Å². The van der Waals surface area contributed by atoms with Crippen LogP contribution in [-0.2, 0) is 18.9 Å². The van der Waals surface area contributed by atoms with E-state index in [0.29, 0.717) is 44.3 Å². The number of esters is 1. The number of rotatable bonds is 15. The predicted octanol–water partition coefficient (Wildman–Crippen LogP) is 6.92. The molecule has 0 fully saturated rings. The third-order valence-corrected chi connectivity index (χ3v) is 6.23. The molecule has 0 amide bonds. The number of carbonyl (C=O) groups excluding carboxylic acids is 1. The third-order valence-electron chi connectivity index (χ3n) is 5.18. The van der Waals surface area contributed by atoms with E-state index in [4.69, 9.17) is 23.7 Å². The molecule has 3 rings (SSSR count). The van der Waals surface area contributed by atoms with Crippen molar-refractivity contribution in [1.82, 2.24) is 0 Å². The van der Waals surface area contributed by atoms with Crippen molar-refractivity contribution in [2.45, 2.75) is 6.92 Å². The first-order valence-electron chi connectivity index (χ1n) is 11.9. The molecule has 0 saturated carbocycles. The van der Waals surface area contributed by atoms with Gasteiger partial charge in [-0.1, -0.05) is 31.9 Å². The summed E-state index contributed by atoms with van der Waals surface area (Å²) in [6, 6.07) is 21.5. The summed E-state index contributed by atoms with van der Waals surface area (Å²) in [5.74, 6) is -0.00733. The van der Waals surface area contributed by atoms with Crippen molar-refractivity contribution in [2.24, 2.45) is 0 Å². The molecule has 3 aromatic carbocycles. The molecule has 0 radical (unpaired) electrons. The molecular weight excluding hydrogens is 606 g/mol. The molecule has 7 nitrogen and oxygen atoms in total. The molecule has 0 aromatic heterocycles. The van der Waals surface area contributed by atoms with Crippen LogP contribution in [0, 0.1) is 0 Å². The quantitative estimate of drug-likeness (QED) is 0.133. The highest BCUT2D eigenvalue weighted by Gasteiger charge is 2.19. The molecule has 0 atom stereocenters. The maximum atomic E-state index is 12.9. The minimum Gasteiger partial charge on any atom is -0.490 e. The van der Waals surface area contributed by atoms with Crippen LogP contribution in [0.15, 0.2) is 75.7 Å². The summed E-state index contributed by atoms with van der Waals surface area (Å²) >= 11 is 7.01. The van der Waals surface area contributed by atoms with E-state index in [-0.39, 0.29) is 13.2 Å². The minimum atomic E-state index is -0.446. The van der Waals surface area contributed by atoms with Crippen molar-refractivity contribution in [2.75, 3.05) is 58.3 Å². The third kappa shape index (κ3) is 9.12. The Balaban J connectivity index is 1.79. The Bertz CT molecular complexity index is 1060. The number of benzene rings is 3. The lowest BCUT2D eigenvalue weighted by molar-refractivity contribution is 0.0178. The number of carbonyl (C=O) groups is 1. The maximum absolute atomic E-state index is 12.9. The Morgan fingerprint density at radius 3 is 1.78 bits per heavy atom. The van der Waals surface area contributed by atoms with Gasteiger partial charge < -0.3 is 28.6 Å². The second-order valence-electron chi connectivity index (χ2n) is 7.76. The number of anilines is 3. The largest absolute Gasteiger partial charge is 0.490 e. The Morgan fingerprint density at radius 1 is 0.730 bits per heavy atom. The molecule has 0 heterocycles. The summed E-state index contributed by atoms with van der Waals surface area (Å²) in [4.78, 5) is 14.9. The number of nitrogens with zero attached hydrogens (tertiary/aromatic N) is 1. The second-order valence-corrected chi connectivity index (χ2v) is 9.59. The van der Waals surface area contributed by atoms with Gasteiger partial charge in [-0.15, -0.1) is 0 Å². The molecule has 0 aliphatic rings. The lowest BCUT2D eigenvalue weighted by atomic mass is 10.1. The molecule has 0 aliphatic heterocycles. The van der Waals surface area contributed by atoms with Crippen LogP contribution in [-0.4, -0.2) is 59.3 Å². The Morgan fingerprint density at radius 2 is 1.24 bits per heavy atom. The van der Waals surface area contributed by atoms with E-state index >= 15 is 0 Å². The first kappa shape index (κ1) is 29.1. The van der Waals surface area contributed by atoms with Crippen LogP contribution >= 0.6 is 31.9 Å². The fourth-order valence-corrected chi connectivity index (χ4v) is 3.98. The fourth-order valence-electron chi connectivity index (χ4n) is 3.45. The highest BCUT2D eigenvalue weighted by molar-refractivity contribution is 9.10. The van der Waals surface area contributed by atoms with Gasteiger partial charge in [-0.25, -0.2) is 4.79 Å². The first-order valence-corrected chi connectivity index (χ1v) is 13.5. The topological polar surface area (TPSA) is 66.5 Å². The van der Waals surface area contributed by atoms with Crippen molar-refractivity contribution in [3.8, 4) is 5.75 Å². The Labute approximate surface area is 234 Å². The summed E-state index contributed by atoms with van der Waals surface area (Å²) < 4.78 is 29.1. The number of ether oxygens (including phenoxy) is 5. The minimum absolute atomic E-state index is 0.262. The summed E-state index contributed by atoms with van der Waals surface area (Å²) in [5.41, 5.74) is 3.02. The molecule has 0 spiro atoms. The lowest BCUT2D eigenvalue weighted by Gasteiger charge is -2.26.